The summed E-state index contributed by atoms with van der Waals surface area (Å²) in [5, 5.41) is 9.45. The lowest BCUT2D eigenvalue weighted by atomic mass is 9.62. The molecule has 1 rings (SSSR count). The molecule has 2 atom stereocenters. The van der Waals surface area contributed by atoms with Crippen LogP contribution < -0.4 is 0 Å². The predicted molar refractivity (Wildman–Crippen MR) is 80.1 cm³/mol. The van der Waals surface area contributed by atoms with Crippen molar-refractivity contribution < 1.29 is 9.90 Å². The number of carbonyl (C=O) groups is 1. The summed E-state index contributed by atoms with van der Waals surface area (Å²) in [6, 6.07) is 0. The van der Waals surface area contributed by atoms with Crippen LogP contribution in [-0.4, -0.2) is 11.1 Å². The van der Waals surface area contributed by atoms with Crippen LogP contribution in [0.1, 0.15) is 72.1 Å². The maximum absolute atomic E-state index is 11.5. The normalized spacial score (nSPS) is 28.7. The van der Waals surface area contributed by atoms with Crippen LogP contribution in [0.15, 0.2) is 12.2 Å². The van der Waals surface area contributed by atoms with E-state index in [1.807, 2.05) is 0 Å². The van der Waals surface area contributed by atoms with E-state index in [4.69, 9.17) is 0 Å². The maximum atomic E-state index is 11.5. The number of hydrogen-bond acceptors (Lipinski definition) is 1. The largest absolute Gasteiger partial charge is 0.478 e. The quantitative estimate of drug-likeness (QED) is 0.708. The van der Waals surface area contributed by atoms with Gasteiger partial charge in [0.15, 0.2) is 0 Å². The molecule has 110 valence electrons. The molecule has 1 aliphatic carbocycles. The van der Waals surface area contributed by atoms with Crippen LogP contribution in [0.5, 0.6) is 0 Å². The first-order valence-corrected chi connectivity index (χ1v) is 7.83. The number of carboxylic acid groups (broad SMARTS) is 1. The third-order valence-electron chi connectivity index (χ3n) is 4.98. The van der Waals surface area contributed by atoms with Gasteiger partial charge in [0.25, 0.3) is 0 Å². The van der Waals surface area contributed by atoms with E-state index in [0.29, 0.717) is 17.4 Å². The highest BCUT2D eigenvalue weighted by Gasteiger charge is 2.41. The molecule has 0 aliphatic heterocycles. The Hall–Kier alpha value is -0.790. The highest BCUT2D eigenvalue weighted by molar-refractivity contribution is 5.87. The molecule has 0 heterocycles. The molecule has 0 amide bonds. The number of hydrogen-bond donors (Lipinski definition) is 1. The second-order valence-corrected chi connectivity index (χ2v) is 6.73. The van der Waals surface area contributed by atoms with Crippen molar-refractivity contribution in [3.8, 4) is 0 Å². The van der Waals surface area contributed by atoms with Crippen LogP contribution in [-0.2, 0) is 4.79 Å². The van der Waals surface area contributed by atoms with Gasteiger partial charge in [-0.3, -0.25) is 0 Å². The minimum absolute atomic E-state index is 0.170. The Bertz CT molecular complexity index is 319. The lowest BCUT2D eigenvalue weighted by Crippen LogP contribution is -2.35. The minimum Gasteiger partial charge on any atom is -0.478 e. The zero-order valence-corrected chi connectivity index (χ0v) is 12.9. The summed E-state index contributed by atoms with van der Waals surface area (Å²) in [5.74, 6) is 0.266. The molecule has 0 bridgehead atoms. The van der Waals surface area contributed by atoms with Gasteiger partial charge < -0.3 is 5.11 Å². The van der Waals surface area contributed by atoms with Gasteiger partial charge in [-0.2, -0.15) is 0 Å². The summed E-state index contributed by atoms with van der Waals surface area (Å²) < 4.78 is 0. The van der Waals surface area contributed by atoms with Crippen LogP contribution in [0, 0.1) is 17.3 Å². The summed E-state index contributed by atoms with van der Waals surface area (Å²) in [7, 11) is 0. The first kappa shape index (κ1) is 16.3. The van der Waals surface area contributed by atoms with E-state index in [2.05, 4.69) is 27.4 Å². The van der Waals surface area contributed by atoms with Crippen molar-refractivity contribution in [2.45, 2.75) is 72.1 Å². The molecule has 2 unspecified atom stereocenters. The monoisotopic (exact) mass is 266 g/mol. The SMILES string of the molecule is C=C(C(=O)O)C1(CCC(C)C)CCCCCCC1C. The molecule has 1 aliphatic rings. The van der Waals surface area contributed by atoms with Gasteiger partial charge in [0.2, 0.25) is 0 Å². The molecular weight excluding hydrogens is 236 g/mol. The Kier molecular flexibility index (Phi) is 6.09. The van der Waals surface area contributed by atoms with E-state index < -0.39 is 5.97 Å². The summed E-state index contributed by atoms with van der Waals surface area (Å²) >= 11 is 0. The van der Waals surface area contributed by atoms with Crippen molar-refractivity contribution in [2.24, 2.45) is 17.3 Å². The van der Waals surface area contributed by atoms with Crippen LogP contribution in [0.4, 0.5) is 0 Å². The smallest absolute Gasteiger partial charge is 0.331 e. The topological polar surface area (TPSA) is 37.3 Å². The molecule has 0 aromatic rings. The Labute approximate surface area is 118 Å². The van der Waals surface area contributed by atoms with Gasteiger partial charge in [-0.05, 0) is 31.1 Å². The molecule has 0 saturated heterocycles. The third-order valence-corrected chi connectivity index (χ3v) is 4.98. The predicted octanol–water partition coefficient (Wildman–Crippen LogP) is 5.04. The van der Waals surface area contributed by atoms with Crippen LogP contribution in [0.2, 0.25) is 0 Å². The molecule has 1 N–H and O–H groups in total. The molecular formula is C17H30O2. The van der Waals surface area contributed by atoms with E-state index >= 15 is 0 Å². The maximum Gasteiger partial charge on any atom is 0.331 e. The second kappa shape index (κ2) is 7.12. The van der Waals surface area contributed by atoms with E-state index in [1.54, 1.807) is 0 Å². The highest BCUT2D eigenvalue weighted by Crippen LogP contribution is 2.48. The Morgan fingerprint density at radius 3 is 2.53 bits per heavy atom. The first-order chi connectivity index (χ1) is 8.90. The fraction of sp³-hybridized carbons (Fsp3) is 0.824. The van der Waals surface area contributed by atoms with Crippen LogP contribution in [0.3, 0.4) is 0 Å². The Morgan fingerprint density at radius 2 is 1.95 bits per heavy atom. The van der Waals surface area contributed by atoms with Crippen molar-refractivity contribution in [1.29, 1.82) is 0 Å². The van der Waals surface area contributed by atoms with Crippen molar-refractivity contribution in [2.75, 3.05) is 0 Å². The Balaban J connectivity index is 2.98. The standard InChI is InChI=1S/C17H30O2/c1-13(2)10-12-17(15(4)16(18)19)11-8-6-5-7-9-14(17)3/h13-14H,4-12H2,1-3H3,(H,18,19). The highest BCUT2D eigenvalue weighted by atomic mass is 16.4. The molecule has 0 aromatic heterocycles. The summed E-state index contributed by atoms with van der Waals surface area (Å²) in [5.41, 5.74) is 0.291. The average Bonchev–Trinajstić information content (AvgIpc) is 2.33. The Morgan fingerprint density at radius 1 is 1.32 bits per heavy atom. The van der Waals surface area contributed by atoms with Crippen molar-refractivity contribution in [3.63, 3.8) is 0 Å². The van der Waals surface area contributed by atoms with Crippen molar-refractivity contribution >= 4 is 5.97 Å². The van der Waals surface area contributed by atoms with Gasteiger partial charge in [0, 0.05) is 11.0 Å². The minimum atomic E-state index is -0.795. The summed E-state index contributed by atoms with van der Waals surface area (Å²) in [4.78, 5) is 11.5. The van der Waals surface area contributed by atoms with Gasteiger partial charge in [0.1, 0.15) is 0 Å². The fourth-order valence-corrected chi connectivity index (χ4v) is 3.50. The molecule has 0 spiro atoms. The average molecular weight is 266 g/mol. The van der Waals surface area contributed by atoms with Gasteiger partial charge in [0.05, 0.1) is 0 Å². The molecule has 2 nitrogen and oxygen atoms in total. The summed E-state index contributed by atoms with van der Waals surface area (Å²) in [6.45, 7) is 10.6. The molecule has 1 saturated carbocycles. The molecule has 0 aromatic carbocycles. The van der Waals surface area contributed by atoms with Gasteiger partial charge >= 0.3 is 5.97 Å². The molecule has 2 heteroatoms. The van der Waals surface area contributed by atoms with E-state index in [9.17, 15) is 9.90 Å². The lowest BCUT2D eigenvalue weighted by Gasteiger charge is -2.42. The number of rotatable bonds is 5. The van der Waals surface area contributed by atoms with E-state index in [0.717, 1.165) is 32.1 Å². The second-order valence-electron chi connectivity index (χ2n) is 6.73. The molecule has 1 fully saturated rings. The fourth-order valence-electron chi connectivity index (χ4n) is 3.50. The van der Waals surface area contributed by atoms with E-state index in [1.165, 1.54) is 19.3 Å². The number of carboxylic acids is 1. The summed E-state index contributed by atoms with van der Waals surface area (Å²) in [6.07, 6.45) is 9.14. The van der Waals surface area contributed by atoms with Crippen LogP contribution in [0.25, 0.3) is 0 Å². The number of aliphatic carboxylic acids is 1. The van der Waals surface area contributed by atoms with Gasteiger partial charge in [-0.1, -0.05) is 59.5 Å². The zero-order valence-electron chi connectivity index (χ0n) is 12.9. The zero-order chi connectivity index (χ0) is 14.5. The van der Waals surface area contributed by atoms with Crippen LogP contribution >= 0.6 is 0 Å². The van der Waals surface area contributed by atoms with Gasteiger partial charge in [-0.25, -0.2) is 4.79 Å². The lowest BCUT2D eigenvalue weighted by molar-refractivity contribution is -0.134. The van der Waals surface area contributed by atoms with Crippen molar-refractivity contribution in [3.05, 3.63) is 12.2 Å². The van der Waals surface area contributed by atoms with E-state index in [-0.39, 0.29) is 5.41 Å². The van der Waals surface area contributed by atoms with Crippen molar-refractivity contribution in [1.82, 2.24) is 0 Å². The van der Waals surface area contributed by atoms with Gasteiger partial charge in [-0.15, -0.1) is 0 Å². The first-order valence-electron chi connectivity index (χ1n) is 7.83. The third kappa shape index (κ3) is 4.09. The molecule has 0 radical (unpaired) electrons. The molecule has 19 heavy (non-hydrogen) atoms.